The Bertz CT molecular complexity index is 2700. The van der Waals surface area contributed by atoms with Crippen LogP contribution in [-0.4, -0.2) is 73.6 Å². The van der Waals surface area contributed by atoms with Crippen LogP contribution >= 0.6 is 0 Å². The summed E-state index contributed by atoms with van der Waals surface area (Å²) in [7, 11) is 2.07. The fraction of sp³-hybridized carbons (Fsp3) is 0.224. The Balaban J connectivity index is 0.000000138. The van der Waals surface area contributed by atoms with Gasteiger partial charge >= 0.3 is 0 Å². The molecule has 1 aliphatic heterocycles. The van der Waals surface area contributed by atoms with Crippen LogP contribution in [0.15, 0.2) is 144 Å². The molecule has 0 unspecified atom stereocenters. The summed E-state index contributed by atoms with van der Waals surface area (Å²) in [5.41, 5.74) is 11.8. The molecule has 1 fully saturated rings. The maximum atomic E-state index is 13.0. The number of rotatable bonds is 8. The monoisotopic (exact) mass is 818 g/mol. The smallest absolute Gasteiger partial charge is 0.289 e. The van der Waals surface area contributed by atoms with E-state index in [1.165, 1.54) is 17.7 Å². The zero-order chi connectivity index (χ0) is 42.9. The van der Waals surface area contributed by atoms with Crippen LogP contribution in [0.25, 0.3) is 33.3 Å². The lowest BCUT2D eigenvalue weighted by atomic mass is 10.1. The number of likely N-dealkylation sites (N-methyl/N-ethyl adjacent to an activating group) is 1. The fourth-order valence-electron chi connectivity index (χ4n) is 7.08. The maximum Gasteiger partial charge on any atom is 0.289 e. The summed E-state index contributed by atoms with van der Waals surface area (Å²) in [6.07, 6.45) is 0.951. The summed E-state index contributed by atoms with van der Waals surface area (Å²) < 4.78 is 20.7. The number of anilines is 3. The first kappa shape index (κ1) is 42.2. The largest absolute Gasteiger partial charge is 0.451 e. The molecule has 0 radical (unpaired) electrons. The summed E-state index contributed by atoms with van der Waals surface area (Å²) in [4.78, 5) is 29.8. The molecular weight excluding hydrogens is 768 g/mol. The van der Waals surface area contributed by atoms with Gasteiger partial charge in [0.1, 0.15) is 28.8 Å². The minimum Gasteiger partial charge on any atom is -0.451 e. The van der Waals surface area contributed by atoms with E-state index in [1.54, 1.807) is 32.0 Å². The molecule has 5 aromatic carbocycles. The van der Waals surface area contributed by atoms with Gasteiger partial charge < -0.3 is 34.9 Å². The quantitative estimate of drug-likeness (QED) is 0.137. The molecule has 3 aromatic heterocycles. The molecule has 1 saturated heterocycles. The van der Waals surface area contributed by atoms with E-state index in [4.69, 9.17) is 10.2 Å². The average Bonchev–Trinajstić information content (AvgIpc) is 3.92. The minimum atomic E-state index is -1.04. The van der Waals surface area contributed by atoms with Gasteiger partial charge in [0, 0.05) is 49.4 Å². The summed E-state index contributed by atoms with van der Waals surface area (Å²) in [6, 6.07) is 43.5. The van der Waals surface area contributed by atoms with Gasteiger partial charge in [0.25, 0.3) is 5.91 Å². The molecule has 9 rings (SSSR count). The number of aliphatic hydroxyl groups is 1. The summed E-state index contributed by atoms with van der Waals surface area (Å²) in [6.45, 7) is 9.45. The van der Waals surface area contributed by atoms with E-state index >= 15 is 0 Å². The predicted molar refractivity (Wildman–Crippen MR) is 241 cm³/mol. The molecule has 4 N–H and O–H groups in total. The summed E-state index contributed by atoms with van der Waals surface area (Å²) >= 11 is 0. The Morgan fingerprint density at radius 3 is 2.16 bits per heavy atom. The Morgan fingerprint density at radius 1 is 0.787 bits per heavy atom. The summed E-state index contributed by atoms with van der Waals surface area (Å²) in [5.74, 6) is 2.52. The van der Waals surface area contributed by atoms with E-state index in [0.29, 0.717) is 29.9 Å². The van der Waals surface area contributed by atoms with Crippen LogP contribution in [-0.2, 0) is 18.6 Å². The van der Waals surface area contributed by atoms with E-state index in [1.807, 2.05) is 113 Å². The number of imidazole rings is 1. The average molecular weight is 819 g/mol. The lowest BCUT2D eigenvalue weighted by Crippen LogP contribution is -2.47. The van der Waals surface area contributed by atoms with Crippen LogP contribution in [0, 0.1) is 5.82 Å². The number of carbonyl (C=O) groups excluding carboxylic acids is 1. The lowest BCUT2D eigenvalue weighted by molar-refractivity contribution is 0.0632. The third-order valence-corrected chi connectivity index (χ3v) is 10.4. The third-order valence-electron chi connectivity index (χ3n) is 10.4. The van der Waals surface area contributed by atoms with Crippen molar-refractivity contribution < 1.29 is 18.7 Å². The van der Waals surface area contributed by atoms with Crippen molar-refractivity contribution in [2.45, 2.75) is 39.3 Å². The van der Waals surface area contributed by atoms with Gasteiger partial charge in [-0.1, -0.05) is 91.9 Å². The topological polar surface area (TPSA) is 139 Å². The number of halogens is 1. The Hall–Kier alpha value is -6.89. The number of nitrogens with two attached hydrogens (primary N) is 1. The highest BCUT2D eigenvalue weighted by Gasteiger charge is 2.25. The number of hydrogen-bond acceptors (Lipinski definition) is 9. The van der Waals surface area contributed by atoms with Crippen LogP contribution in [0.5, 0.6) is 0 Å². The van der Waals surface area contributed by atoms with E-state index in [0.717, 1.165) is 77.1 Å². The number of aryl methyl sites for hydroxylation is 1. The number of aromatic nitrogens is 4. The molecule has 1 aliphatic rings. The standard InChI is InChI=1S/C17H17FN2O.C16H16N4.C16H18N2O2/c1-17(2,21)16-19-14-5-3-4-6-15(14)20(16)11-12-7-9-13(18)10-8-12;1-2-11-7-3-5-9-13(11)18-16-19-14-10-6-4-8-12(14)15(17)20-16;1-17-9-11-18(12-10-17)16(19)15-8-7-14(20-15)13-5-3-2-4-6-13/h3-10,21H,11H2,1-2H3;3-10H,2H2,1H3,(H3,17,18,19,20);2-8H,9-12H2,1H3. The highest BCUT2D eigenvalue weighted by molar-refractivity contribution is 5.92. The lowest BCUT2D eigenvalue weighted by Gasteiger charge is -2.31. The van der Waals surface area contributed by atoms with Gasteiger partial charge in [0.2, 0.25) is 5.95 Å². The molecule has 0 bridgehead atoms. The van der Waals surface area contributed by atoms with Crippen molar-refractivity contribution in [2.75, 3.05) is 44.3 Å². The molecule has 312 valence electrons. The molecule has 0 atom stereocenters. The van der Waals surface area contributed by atoms with Crippen molar-refractivity contribution in [3.05, 3.63) is 168 Å². The molecule has 1 amide bonds. The van der Waals surface area contributed by atoms with Gasteiger partial charge in [0.15, 0.2) is 5.76 Å². The van der Waals surface area contributed by atoms with Gasteiger partial charge in [-0.3, -0.25) is 4.79 Å². The molecule has 0 saturated carbocycles. The number of amides is 1. The zero-order valence-corrected chi connectivity index (χ0v) is 34.9. The van der Waals surface area contributed by atoms with E-state index in [-0.39, 0.29) is 11.7 Å². The van der Waals surface area contributed by atoms with Crippen molar-refractivity contribution in [1.82, 2.24) is 29.3 Å². The first-order chi connectivity index (χ1) is 29.5. The predicted octanol–water partition coefficient (Wildman–Crippen LogP) is 9.30. The van der Waals surface area contributed by atoms with Crippen molar-refractivity contribution in [1.29, 1.82) is 0 Å². The third kappa shape index (κ3) is 10.5. The molecule has 0 spiro atoms. The van der Waals surface area contributed by atoms with Crippen molar-refractivity contribution >= 4 is 45.3 Å². The van der Waals surface area contributed by atoms with Crippen molar-refractivity contribution in [2.24, 2.45) is 0 Å². The van der Waals surface area contributed by atoms with E-state index in [2.05, 4.69) is 45.2 Å². The molecule has 61 heavy (non-hydrogen) atoms. The van der Waals surface area contributed by atoms with Crippen LogP contribution < -0.4 is 11.1 Å². The molecule has 0 aliphatic carbocycles. The number of nitrogen functional groups attached to an aromatic ring is 1. The first-order valence-electron chi connectivity index (χ1n) is 20.4. The molecular formula is C49H51FN8O3. The molecule has 4 heterocycles. The number of benzene rings is 5. The van der Waals surface area contributed by atoms with Crippen LogP contribution in [0.1, 0.15) is 48.3 Å². The number of nitrogens with zero attached hydrogens (tertiary/aromatic N) is 6. The number of hydrogen-bond donors (Lipinski definition) is 3. The number of carbonyl (C=O) groups is 1. The number of furan rings is 1. The zero-order valence-electron chi connectivity index (χ0n) is 34.9. The van der Waals surface area contributed by atoms with Crippen molar-refractivity contribution in [3.63, 3.8) is 0 Å². The number of nitrogens with one attached hydrogen (secondary N) is 1. The van der Waals surface area contributed by atoms with Crippen LogP contribution in [0.2, 0.25) is 0 Å². The minimum absolute atomic E-state index is 0.0136. The second kappa shape index (κ2) is 19.0. The van der Waals surface area contributed by atoms with Gasteiger partial charge in [-0.2, -0.15) is 4.98 Å². The van der Waals surface area contributed by atoms with Gasteiger partial charge in [-0.25, -0.2) is 14.4 Å². The Morgan fingerprint density at radius 2 is 1.44 bits per heavy atom. The van der Waals surface area contributed by atoms with E-state index in [9.17, 15) is 14.3 Å². The van der Waals surface area contributed by atoms with E-state index < -0.39 is 5.60 Å². The Kier molecular flexibility index (Phi) is 13.2. The number of piperazine rings is 1. The first-order valence-corrected chi connectivity index (χ1v) is 20.4. The van der Waals surface area contributed by atoms with Crippen LogP contribution in [0.3, 0.4) is 0 Å². The second-order valence-electron chi connectivity index (χ2n) is 15.4. The van der Waals surface area contributed by atoms with Crippen LogP contribution in [0.4, 0.5) is 21.8 Å². The van der Waals surface area contributed by atoms with Gasteiger partial charge in [-0.15, -0.1) is 0 Å². The normalized spacial score (nSPS) is 13.0. The second-order valence-corrected chi connectivity index (χ2v) is 15.4. The highest BCUT2D eigenvalue weighted by Crippen LogP contribution is 2.27. The van der Waals surface area contributed by atoms with Gasteiger partial charge in [0.05, 0.1) is 16.6 Å². The number of para-hydroxylation sites is 4. The number of fused-ring (bicyclic) bond motifs is 2. The highest BCUT2D eigenvalue weighted by atomic mass is 19.1. The SMILES string of the molecule is CC(C)(O)c1nc2ccccc2n1Cc1ccc(F)cc1.CCc1ccccc1Nc1nc(N)c2ccccc2n1.CN1CCN(C(=O)c2ccc(-c3ccccc3)o2)CC1. The Labute approximate surface area is 355 Å². The van der Waals surface area contributed by atoms with Crippen molar-refractivity contribution in [3.8, 4) is 11.3 Å². The van der Waals surface area contributed by atoms with Gasteiger partial charge in [-0.05, 0) is 93.0 Å². The molecule has 12 heteroatoms. The molecule has 8 aromatic rings. The summed E-state index contributed by atoms with van der Waals surface area (Å²) in [5, 5.41) is 14.5. The fourth-order valence-corrected chi connectivity index (χ4v) is 7.08. The molecule has 11 nitrogen and oxygen atoms in total. The maximum absolute atomic E-state index is 13.0.